The van der Waals surface area contributed by atoms with Gasteiger partial charge in [-0.25, -0.2) is 0 Å². The quantitative estimate of drug-likeness (QED) is 0.457. The summed E-state index contributed by atoms with van der Waals surface area (Å²) in [5.41, 5.74) is 4.76. The van der Waals surface area contributed by atoms with Gasteiger partial charge in [0, 0.05) is 5.69 Å². The van der Waals surface area contributed by atoms with Gasteiger partial charge >= 0.3 is 0 Å². The molecular formula is C25H25NO4. The normalized spacial score (nSPS) is 14.3. The monoisotopic (exact) mass is 403 g/mol. The second-order valence-corrected chi connectivity index (χ2v) is 7.82. The summed E-state index contributed by atoms with van der Waals surface area (Å²) in [5.74, 6) is -0.531. The maximum Gasteiger partial charge on any atom is 0.235 e. The number of hydrogen-bond donors (Lipinski definition) is 4. The van der Waals surface area contributed by atoms with E-state index in [1.165, 1.54) is 12.1 Å². The summed E-state index contributed by atoms with van der Waals surface area (Å²) in [5, 5.41) is 31.9. The fourth-order valence-corrected chi connectivity index (χ4v) is 3.91. The van der Waals surface area contributed by atoms with Crippen molar-refractivity contribution in [1.29, 1.82) is 0 Å². The standard InChI is InChI=1S/C25H25NO4/c1-2-17-6-8-20(14-21(17)18-5-3-4-16(12-18)15-27)26-24(30)25(10-11-25)19-7-9-22(28)23(29)13-19/h3-9,12-14,27-29H,2,10-11,15H2,1H3,(H,26,30). The van der Waals surface area contributed by atoms with Crippen LogP contribution in [-0.2, 0) is 23.2 Å². The largest absolute Gasteiger partial charge is 0.504 e. The first kappa shape index (κ1) is 20.0. The van der Waals surface area contributed by atoms with Gasteiger partial charge in [0.25, 0.3) is 0 Å². The molecule has 3 aromatic carbocycles. The van der Waals surface area contributed by atoms with Gasteiger partial charge in [-0.3, -0.25) is 4.79 Å². The predicted octanol–water partition coefficient (Wildman–Crippen LogP) is 4.49. The summed E-state index contributed by atoms with van der Waals surface area (Å²) in [7, 11) is 0. The third-order valence-electron chi connectivity index (χ3n) is 5.88. The van der Waals surface area contributed by atoms with Crippen LogP contribution in [0.4, 0.5) is 5.69 Å². The summed E-state index contributed by atoms with van der Waals surface area (Å²) in [4.78, 5) is 13.1. The minimum absolute atomic E-state index is 0.0201. The number of aromatic hydroxyl groups is 2. The fourth-order valence-electron chi connectivity index (χ4n) is 3.91. The summed E-state index contributed by atoms with van der Waals surface area (Å²) in [6.45, 7) is 2.07. The van der Waals surface area contributed by atoms with Gasteiger partial charge in [-0.1, -0.05) is 37.3 Å². The molecule has 4 rings (SSSR count). The minimum atomic E-state index is -0.675. The van der Waals surface area contributed by atoms with Crippen molar-refractivity contribution in [3.05, 3.63) is 77.4 Å². The highest BCUT2D eigenvalue weighted by Crippen LogP contribution is 2.50. The van der Waals surface area contributed by atoms with E-state index in [0.29, 0.717) is 24.1 Å². The molecule has 154 valence electrons. The van der Waals surface area contributed by atoms with E-state index in [1.54, 1.807) is 6.07 Å². The molecule has 0 atom stereocenters. The molecular weight excluding hydrogens is 378 g/mol. The first-order valence-corrected chi connectivity index (χ1v) is 10.1. The number of anilines is 1. The molecule has 0 spiro atoms. The van der Waals surface area contributed by atoms with Gasteiger partial charge in [-0.15, -0.1) is 0 Å². The van der Waals surface area contributed by atoms with Crippen molar-refractivity contribution in [2.24, 2.45) is 0 Å². The molecule has 0 heterocycles. The lowest BCUT2D eigenvalue weighted by Crippen LogP contribution is -2.27. The Balaban J connectivity index is 1.63. The Bertz CT molecular complexity index is 1100. The van der Waals surface area contributed by atoms with Gasteiger partial charge in [0.15, 0.2) is 11.5 Å². The van der Waals surface area contributed by atoms with Gasteiger partial charge < -0.3 is 20.6 Å². The number of rotatable bonds is 6. The third-order valence-corrected chi connectivity index (χ3v) is 5.88. The molecule has 5 heteroatoms. The first-order valence-electron chi connectivity index (χ1n) is 10.1. The molecule has 1 amide bonds. The topological polar surface area (TPSA) is 89.8 Å². The molecule has 5 nitrogen and oxygen atoms in total. The Hall–Kier alpha value is -3.31. The number of aryl methyl sites for hydroxylation is 1. The molecule has 0 aliphatic heterocycles. The molecule has 0 bridgehead atoms. The molecule has 30 heavy (non-hydrogen) atoms. The average Bonchev–Trinajstić information content (AvgIpc) is 3.58. The summed E-state index contributed by atoms with van der Waals surface area (Å²) >= 11 is 0. The highest BCUT2D eigenvalue weighted by atomic mass is 16.3. The van der Waals surface area contributed by atoms with Gasteiger partial charge in [-0.2, -0.15) is 0 Å². The van der Waals surface area contributed by atoms with E-state index in [1.807, 2.05) is 42.5 Å². The van der Waals surface area contributed by atoms with Gasteiger partial charge in [0.2, 0.25) is 5.91 Å². The molecule has 4 N–H and O–H groups in total. The molecule has 0 aromatic heterocycles. The number of carbonyl (C=O) groups excluding carboxylic acids is 1. The smallest absolute Gasteiger partial charge is 0.235 e. The molecule has 1 aliphatic carbocycles. The van der Waals surface area contributed by atoms with Crippen molar-refractivity contribution in [1.82, 2.24) is 0 Å². The second-order valence-electron chi connectivity index (χ2n) is 7.82. The number of benzene rings is 3. The molecule has 0 unspecified atom stereocenters. The lowest BCUT2D eigenvalue weighted by Gasteiger charge is -2.18. The van der Waals surface area contributed by atoms with Gasteiger partial charge in [0.05, 0.1) is 12.0 Å². The van der Waals surface area contributed by atoms with Crippen molar-refractivity contribution in [2.45, 2.75) is 38.2 Å². The maximum absolute atomic E-state index is 13.1. The van der Waals surface area contributed by atoms with Crippen molar-refractivity contribution in [3.8, 4) is 22.6 Å². The van der Waals surface area contributed by atoms with Crippen LogP contribution < -0.4 is 5.32 Å². The minimum Gasteiger partial charge on any atom is -0.504 e. The molecule has 1 saturated carbocycles. The lowest BCUT2D eigenvalue weighted by molar-refractivity contribution is -0.118. The Labute approximate surface area is 175 Å². The second kappa shape index (κ2) is 7.84. The van der Waals surface area contributed by atoms with Crippen LogP contribution >= 0.6 is 0 Å². The van der Waals surface area contributed by atoms with Crippen LogP contribution in [0.2, 0.25) is 0 Å². The van der Waals surface area contributed by atoms with E-state index in [0.717, 1.165) is 28.7 Å². The number of amides is 1. The summed E-state index contributed by atoms with van der Waals surface area (Å²) < 4.78 is 0. The zero-order valence-corrected chi connectivity index (χ0v) is 16.9. The molecule has 0 radical (unpaired) electrons. The van der Waals surface area contributed by atoms with E-state index >= 15 is 0 Å². The number of phenolic OH excluding ortho intramolecular Hbond substituents is 2. The lowest BCUT2D eigenvalue weighted by atomic mass is 9.93. The zero-order chi connectivity index (χ0) is 21.3. The number of aliphatic hydroxyl groups excluding tert-OH is 1. The van der Waals surface area contributed by atoms with Crippen LogP contribution in [0.1, 0.15) is 36.5 Å². The summed E-state index contributed by atoms with van der Waals surface area (Å²) in [6.07, 6.45) is 2.24. The Morgan fingerprint density at radius 3 is 2.47 bits per heavy atom. The Kier molecular flexibility index (Phi) is 5.22. The number of phenols is 2. The van der Waals surface area contributed by atoms with Crippen molar-refractivity contribution in [3.63, 3.8) is 0 Å². The van der Waals surface area contributed by atoms with Crippen LogP contribution in [0.3, 0.4) is 0 Å². The van der Waals surface area contributed by atoms with E-state index in [4.69, 9.17) is 0 Å². The Morgan fingerprint density at radius 1 is 1.00 bits per heavy atom. The number of hydrogen-bond acceptors (Lipinski definition) is 4. The number of aliphatic hydroxyl groups is 1. The van der Waals surface area contributed by atoms with Crippen molar-refractivity contribution in [2.75, 3.05) is 5.32 Å². The van der Waals surface area contributed by atoms with Gasteiger partial charge in [0.1, 0.15) is 0 Å². The maximum atomic E-state index is 13.1. The SMILES string of the molecule is CCc1ccc(NC(=O)C2(c3ccc(O)c(O)c3)CC2)cc1-c1cccc(CO)c1. The van der Waals surface area contributed by atoms with E-state index in [-0.39, 0.29) is 24.0 Å². The molecule has 3 aromatic rings. The average molecular weight is 403 g/mol. The number of nitrogens with one attached hydrogen (secondary N) is 1. The fraction of sp³-hybridized carbons (Fsp3) is 0.240. The van der Waals surface area contributed by atoms with E-state index in [2.05, 4.69) is 12.2 Å². The highest BCUT2D eigenvalue weighted by Gasteiger charge is 2.51. The molecule has 1 aliphatic rings. The predicted molar refractivity (Wildman–Crippen MR) is 116 cm³/mol. The van der Waals surface area contributed by atoms with Crippen LogP contribution in [0, 0.1) is 0 Å². The zero-order valence-electron chi connectivity index (χ0n) is 16.9. The molecule has 0 saturated heterocycles. The van der Waals surface area contributed by atoms with Crippen LogP contribution in [-0.4, -0.2) is 21.2 Å². The molecule has 1 fully saturated rings. The third kappa shape index (κ3) is 3.64. The van der Waals surface area contributed by atoms with Gasteiger partial charge in [-0.05, 0) is 77.4 Å². The summed E-state index contributed by atoms with van der Waals surface area (Å²) in [6, 6.07) is 18.2. The highest BCUT2D eigenvalue weighted by molar-refractivity contribution is 6.02. The van der Waals surface area contributed by atoms with Crippen LogP contribution in [0.15, 0.2) is 60.7 Å². The van der Waals surface area contributed by atoms with Crippen LogP contribution in [0.5, 0.6) is 11.5 Å². The van der Waals surface area contributed by atoms with Crippen LogP contribution in [0.25, 0.3) is 11.1 Å². The first-order chi connectivity index (χ1) is 14.5. The van der Waals surface area contributed by atoms with E-state index < -0.39 is 5.41 Å². The number of carbonyl (C=O) groups is 1. The van der Waals surface area contributed by atoms with E-state index in [9.17, 15) is 20.1 Å². The van der Waals surface area contributed by atoms with Crippen molar-refractivity contribution >= 4 is 11.6 Å². The van der Waals surface area contributed by atoms with Crippen molar-refractivity contribution < 1.29 is 20.1 Å². The Morgan fingerprint density at radius 2 is 1.80 bits per heavy atom.